The fourth-order valence-corrected chi connectivity index (χ4v) is 5.15. The van der Waals surface area contributed by atoms with Gasteiger partial charge in [0, 0.05) is 43.7 Å². The van der Waals surface area contributed by atoms with Crippen molar-refractivity contribution in [3.05, 3.63) is 70.9 Å². The monoisotopic (exact) mass is 540 g/mol. The standard InChI is InChI=1S/C30H33N7O3/c1-19-5-4-6-25-27(19)31-11-12-36(25)26-15-20-18-32-30(34-28(20)37(29(26)39)22-16-23(38)17-22)33-21-7-9-24(10-8-21)40-14-13-35(2)3/h4-10,15,18,23,31,38H,11-14,16-17H2,1-3H3/p+1. The molecule has 3 heterocycles. The van der Waals surface area contributed by atoms with Gasteiger partial charge in [0.15, 0.2) is 0 Å². The molecule has 0 radical (unpaired) electrons. The van der Waals surface area contributed by atoms with Crippen molar-refractivity contribution in [1.29, 1.82) is 0 Å². The number of aliphatic imine (C=N–C) groups is 2. The molecule has 6 rings (SSSR count). The Balaban J connectivity index is 1.39. The van der Waals surface area contributed by atoms with Crippen molar-refractivity contribution in [1.82, 2.24) is 4.90 Å². The third-order valence-corrected chi connectivity index (χ3v) is 7.33. The molecular formula is C30H34N7O3+. The van der Waals surface area contributed by atoms with Gasteiger partial charge in [-0.2, -0.15) is 14.2 Å². The van der Waals surface area contributed by atoms with Crippen LogP contribution in [-0.4, -0.2) is 73.7 Å². The van der Waals surface area contributed by atoms with Crippen molar-refractivity contribution in [2.24, 2.45) is 15.0 Å². The van der Waals surface area contributed by atoms with Gasteiger partial charge >= 0.3 is 17.3 Å². The number of hydrogen-bond donors (Lipinski definition) is 3. The van der Waals surface area contributed by atoms with Gasteiger partial charge in [-0.25, -0.2) is 0 Å². The maximum Gasteiger partial charge on any atom is 0.365 e. The van der Waals surface area contributed by atoms with Gasteiger partial charge in [0.2, 0.25) is 0 Å². The molecule has 206 valence electrons. The van der Waals surface area contributed by atoms with E-state index in [2.05, 4.69) is 44.2 Å². The lowest BCUT2D eigenvalue weighted by Crippen LogP contribution is -2.49. The summed E-state index contributed by atoms with van der Waals surface area (Å²) in [5, 5.41) is 25.2. The van der Waals surface area contributed by atoms with Gasteiger partial charge in [0.25, 0.3) is 0 Å². The van der Waals surface area contributed by atoms with Crippen molar-refractivity contribution in [2.45, 2.75) is 25.9 Å². The highest BCUT2D eigenvalue weighted by Crippen LogP contribution is 2.39. The van der Waals surface area contributed by atoms with E-state index >= 15 is 0 Å². The van der Waals surface area contributed by atoms with E-state index in [-0.39, 0.29) is 5.88 Å². The Morgan fingerprint density at radius 3 is 2.70 bits per heavy atom. The number of aliphatic hydroxyl groups is 1. The minimum atomic E-state index is -0.423. The quantitative estimate of drug-likeness (QED) is 0.415. The summed E-state index contributed by atoms with van der Waals surface area (Å²) < 4.78 is 7.54. The minimum Gasteiger partial charge on any atom is -0.492 e. The second kappa shape index (κ2) is 10.7. The maximum atomic E-state index is 11.7. The number of fused-ring (bicyclic) bond motifs is 2. The number of rotatable bonds is 6. The average Bonchev–Trinajstić information content (AvgIpc) is 2.92. The predicted molar refractivity (Wildman–Crippen MR) is 155 cm³/mol. The molecule has 3 N–H and O–H groups in total. The van der Waals surface area contributed by atoms with Crippen molar-refractivity contribution < 1.29 is 19.2 Å². The molecule has 2 aromatic carbocycles. The zero-order chi connectivity index (χ0) is 27.8. The molecule has 0 atom stereocenters. The van der Waals surface area contributed by atoms with Gasteiger partial charge in [-0.3, -0.25) is 0 Å². The Bertz CT molecular complexity index is 1620. The summed E-state index contributed by atoms with van der Waals surface area (Å²) in [6.07, 6.45) is 2.26. The summed E-state index contributed by atoms with van der Waals surface area (Å²) in [6.45, 7) is 4.96. The van der Waals surface area contributed by atoms with Crippen LogP contribution < -0.4 is 24.7 Å². The lowest BCUT2D eigenvalue weighted by molar-refractivity contribution is -0.560. The third-order valence-electron chi connectivity index (χ3n) is 7.33. The van der Waals surface area contributed by atoms with Gasteiger partial charge in [-0.15, -0.1) is 0 Å². The number of nitrogens with zero attached hydrogens (tertiary/aromatic N) is 6. The van der Waals surface area contributed by atoms with Crippen LogP contribution in [0.25, 0.3) is 0 Å². The van der Waals surface area contributed by atoms with Crippen LogP contribution in [0.3, 0.4) is 0 Å². The SMILES string of the molecule is Cc1cccc2c1NCCN2c1cc2c([n+](=C3CC(O)C3)c1O)=NC(=Nc1ccc(OCCN(C)C)cc1)N=C2. The minimum absolute atomic E-state index is 0.0904. The van der Waals surface area contributed by atoms with Crippen LogP contribution in [0.4, 0.5) is 22.7 Å². The van der Waals surface area contributed by atoms with Gasteiger partial charge in [-0.1, -0.05) is 12.1 Å². The van der Waals surface area contributed by atoms with Gasteiger partial charge in [0.05, 0.1) is 34.4 Å². The number of hydrogen-bond acceptors (Lipinski definition) is 7. The van der Waals surface area contributed by atoms with E-state index in [0.717, 1.165) is 47.1 Å². The van der Waals surface area contributed by atoms with Crippen LogP contribution in [0.15, 0.2) is 63.5 Å². The summed E-state index contributed by atoms with van der Waals surface area (Å²) in [4.78, 5) is 18.1. The molecule has 2 aliphatic heterocycles. The first-order valence-corrected chi connectivity index (χ1v) is 13.6. The summed E-state index contributed by atoms with van der Waals surface area (Å²) in [5.74, 6) is 1.16. The van der Waals surface area contributed by atoms with Crippen molar-refractivity contribution >= 4 is 34.9 Å². The van der Waals surface area contributed by atoms with Crippen molar-refractivity contribution in [3.63, 3.8) is 0 Å². The van der Waals surface area contributed by atoms with Crippen molar-refractivity contribution in [3.8, 4) is 11.6 Å². The molecule has 0 bridgehead atoms. The number of pyridine rings is 1. The van der Waals surface area contributed by atoms with Crippen LogP contribution in [0.1, 0.15) is 24.0 Å². The number of para-hydroxylation sites is 1. The number of ether oxygens (including phenoxy) is 1. The van der Waals surface area contributed by atoms with E-state index in [1.807, 2.05) is 50.5 Å². The number of benzene rings is 2. The zero-order valence-corrected chi connectivity index (χ0v) is 23.0. The molecule has 3 aromatic rings. The number of likely N-dealkylation sites (N-methyl/N-ethyl adjacent to an activating group) is 1. The lowest BCUT2D eigenvalue weighted by Gasteiger charge is -2.33. The predicted octanol–water partition coefficient (Wildman–Crippen LogP) is 2.77. The number of anilines is 3. The second-order valence-electron chi connectivity index (χ2n) is 10.6. The summed E-state index contributed by atoms with van der Waals surface area (Å²) in [5.41, 5.74) is 6.82. The Morgan fingerprint density at radius 2 is 1.95 bits per heavy atom. The summed E-state index contributed by atoms with van der Waals surface area (Å²) in [7, 11) is 4.02. The number of aromatic nitrogens is 1. The van der Waals surface area contributed by atoms with Gasteiger partial charge < -0.3 is 30.1 Å². The van der Waals surface area contributed by atoms with Crippen LogP contribution in [0.2, 0.25) is 0 Å². The third kappa shape index (κ3) is 5.03. The molecular weight excluding hydrogens is 506 g/mol. The Hall–Kier alpha value is -4.28. The van der Waals surface area contributed by atoms with E-state index < -0.39 is 6.10 Å². The average molecular weight is 541 g/mol. The molecule has 0 amide bonds. The second-order valence-corrected chi connectivity index (χ2v) is 10.6. The maximum absolute atomic E-state index is 11.7. The number of nitrogens with one attached hydrogen (secondary N) is 1. The van der Waals surface area contributed by atoms with Crippen LogP contribution in [-0.2, 0) is 0 Å². The molecule has 0 unspecified atom stereocenters. The Kier molecular flexibility index (Phi) is 6.95. The number of aromatic hydroxyl groups is 1. The summed E-state index contributed by atoms with van der Waals surface area (Å²) >= 11 is 0. The zero-order valence-electron chi connectivity index (χ0n) is 23.0. The summed E-state index contributed by atoms with van der Waals surface area (Å²) in [6, 6.07) is 15.6. The molecule has 1 saturated carbocycles. The first-order chi connectivity index (χ1) is 19.4. The highest BCUT2D eigenvalue weighted by atomic mass is 16.5. The van der Waals surface area contributed by atoms with E-state index in [0.29, 0.717) is 48.8 Å². The molecule has 10 heteroatoms. The smallest absolute Gasteiger partial charge is 0.365 e. The van der Waals surface area contributed by atoms with Gasteiger partial charge in [0.1, 0.15) is 18.0 Å². The largest absolute Gasteiger partial charge is 0.492 e. The molecule has 0 spiro atoms. The first-order valence-electron chi connectivity index (χ1n) is 13.6. The fourth-order valence-electron chi connectivity index (χ4n) is 5.15. The number of aliphatic hydroxyl groups excluding tert-OH is 1. The van der Waals surface area contributed by atoms with Gasteiger partial charge in [-0.05, 0) is 63.0 Å². The number of aryl methyl sites for hydroxylation is 1. The topological polar surface area (TPSA) is 111 Å². The Morgan fingerprint density at radius 1 is 1.15 bits per heavy atom. The van der Waals surface area contributed by atoms with E-state index in [1.54, 1.807) is 10.5 Å². The molecule has 40 heavy (non-hydrogen) atoms. The Labute approximate surface area is 233 Å². The normalized spacial score (nSPS) is 18.6. The highest BCUT2D eigenvalue weighted by Gasteiger charge is 2.32. The van der Waals surface area contributed by atoms with Crippen LogP contribution in [0.5, 0.6) is 11.6 Å². The lowest BCUT2D eigenvalue weighted by atomic mass is 9.93. The van der Waals surface area contributed by atoms with E-state index in [1.165, 1.54) is 0 Å². The molecule has 10 nitrogen and oxygen atoms in total. The molecule has 1 fully saturated rings. The van der Waals surface area contributed by atoms with E-state index in [4.69, 9.17) is 9.73 Å². The molecule has 1 aromatic heterocycles. The highest BCUT2D eigenvalue weighted by molar-refractivity contribution is 5.98. The molecule has 1 aliphatic carbocycles. The fraction of sp³-hybridized carbons (Fsp3) is 0.333. The first kappa shape index (κ1) is 26.0. The van der Waals surface area contributed by atoms with Crippen molar-refractivity contribution in [2.75, 3.05) is 50.6 Å². The number of guanidine groups is 1. The van der Waals surface area contributed by atoms with Crippen LogP contribution in [0, 0.1) is 12.6 Å². The van der Waals surface area contributed by atoms with Crippen LogP contribution >= 0.6 is 0 Å². The molecule has 0 saturated heterocycles. The van der Waals surface area contributed by atoms with E-state index in [9.17, 15) is 10.2 Å². The molecule has 3 aliphatic rings.